The van der Waals surface area contributed by atoms with Crippen LogP contribution in [0.3, 0.4) is 0 Å². The van der Waals surface area contributed by atoms with Crippen LogP contribution in [-0.2, 0) is 11.2 Å². The number of hydrogen-bond acceptors (Lipinski definition) is 3. The van der Waals surface area contributed by atoms with Crippen LogP contribution in [0.25, 0.3) is 0 Å². The van der Waals surface area contributed by atoms with E-state index in [2.05, 4.69) is 26.5 Å². The number of nitrogens with zero attached hydrogens (tertiary/aromatic N) is 1. The first-order valence-electron chi connectivity index (χ1n) is 5.99. The standard InChI is InChI=1S/C15H13BrN2O2/c16-13-6-4-11(5-7-13)9-15(20)18-17-10-12-2-1-3-14(19)8-12/h1-8,10,19H,9H2,(H,18,20). The zero-order chi connectivity index (χ0) is 14.4. The topological polar surface area (TPSA) is 61.7 Å². The molecule has 0 unspecified atom stereocenters. The summed E-state index contributed by atoms with van der Waals surface area (Å²) in [5.41, 5.74) is 4.08. The number of phenolic OH excluding ortho intramolecular Hbond substituents is 1. The van der Waals surface area contributed by atoms with Gasteiger partial charge in [0.1, 0.15) is 5.75 Å². The van der Waals surface area contributed by atoms with Crippen LogP contribution < -0.4 is 5.43 Å². The van der Waals surface area contributed by atoms with E-state index >= 15 is 0 Å². The Bertz CT molecular complexity index is 624. The van der Waals surface area contributed by atoms with Gasteiger partial charge in [-0.05, 0) is 35.4 Å². The Hall–Kier alpha value is -2.14. The van der Waals surface area contributed by atoms with E-state index in [1.165, 1.54) is 6.21 Å². The third-order valence-corrected chi connectivity index (χ3v) is 3.08. The molecule has 20 heavy (non-hydrogen) atoms. The summed E-state index contributed by atoms with van der Waals surface area (Å²) >= 11 is 3.34. The number of benzene rings is 2. The molecule has 0 atom stereocenters. The smallest absolute Gasteiger partial charge is 0.244 e. The van der Waals surface area contributed by atoms with Crippen molar-refractivity contribution in [3.8, 4) is 5.75 Å². The molecule has 0 spiro atoms. The number of carbonyl (C=O) groups is 1. The number of hydrazone groups is 1. The molecule has 0 saturated carbocycles. The van der Waals surface area contributed by atoms with Crippen LogP contribution in [0.15, 0.2) is 58.1 Å². The molecular weight excluding hydrogens is 320 g/mol. The second-order valence-electron chi connectivity index (χ2n) is 4.19. The van der Waals surface area contributed by atoms with E-state index in [4.69, 9.17) is 0 Å². The molecule has 2 N–H and O–H groups in total. The van der Waals surface area contributed by atoms with Gasteiger partial charge < -0.3 is 5.11 Å². The predicted molar refractivity (Wildman–Crippen MR) is 81.7 cm³/mol. The molecule has 0 aromatic heterocycles. The summed E-state index contributed by atoms with van der Waals surface area (Å²) in [5, 5.41) is 13.1. The molecule has 2 aromatic rings. The molecule has 0 radical (unpaired) electrons. The van der Waals surface area contributed by atoms with Crippen molar-refractivity contribution in [1.29, 1.82) is 0 Å². The Morgan fingerprint density at radius 3 is 2.70 bits per heavy atom. The zero-order valence-electron chi connectivity index (χ0n) is 10.6. The van der Waals surface area contributed by atoms with E-state index in [-0.39, 0.29) is 18.1 Å². The molecule has 102 valence electrons. The summed E-state index contributed by atoms with van der Waals surface area (Å²) < 4.78 is 0.976. The molecular formula is C15H13BrN2O2. The Labute approximate surface area is 125 Å². The molecule has 0 aliphatic heterocycles. The summed E-state index contributed by atoms with van der Waals surface area (Å²) in [4.78, 5) is 11.7. The number of aromatic hydroxyl groups is 1. The number of rotatable bonds is 4. The summed E-state index contributed by atoms with van der Waals surface area (Å²) in [6.07, 6.45) is 1.75. The van der Waals surface area contributed by atoms with E-state index in [1.807, 2.05) is 24.3 Å². The normalized spacial score (nSPS) is 10.7. The minimum absolute atomic E-state index is 0.162. The van der Waals surface area contributed by atoms with Crippen molar-refractivity contribution in [2.45, 2.75) is 6.42 Å². The van der Waals surface area contributed by atoms with Gasteiger partial charge in [0.15, 0.2) is 0 Å². The minimum atomic E-state index is -0.191. The highest BCUT2D eigenvalue weighted by molar-refractivity contribution is 9.10. The molecule has 0 saturated heterocycles. The van der Waals surface area contributed by atoms with Gasteiger partial charge in [0, 0.05) is 4.47 Å². The molecule has 0 aliphatic carbocycles. The summed E-state index contributed by atoms with van der Waals surface area (Å²) in [5.74, 6) is -0.0288. The number of hydrogen-bond donors (Lipinski definition) is 2. The van der Waals surface area contributed by atoms with Gasteiger partial charge in [-0.15, -0.1) is 0 Å². The van der Waals surface area contributed by atoms with Crippen LogP contribution in [0.1, 0.15) is 11.1 Å². The Morgan fingerprint density at radius 1 is 1.25 bits per heavy atom. The largest absolute Gasteiger partial charge is 0.508 e. The van der Waals surface area contributed by atoms with Crippen molar-refractivity contribution >= 4 is 28.1 Å². The van der Waals surface area contributed by atoms with Gasteiger partial charge in [0.05, 0.1) is 12.6 Å². The van der Waals surface area contributed by atoms with Gasteiger partial charge in [0.2, 0.25) is 5.91 Å². The average Bonchev–Trinajstić information content (AvgIpc) is 2.41. The van der Waals surface area contributed by atoms with Gasteiger partial charge in [-0.2, -0.15) is 5.10 Å². The van der Waals surface area contributed by atoms with Crippen LogP contribution in [0.4, 0.5) is 0 Å². The summed E-state index contributed by atoms with van der Waals surface area (Å²) in [6, 6.07) is 14.2. The van der Waals surface area contributed by atoms with Crippen molar-refractivity contribution in [1.82, 2.24) is 5.43 Å². The molecule has 1 amide bonds. The monoisotopic (exact) mass is 332 g/mol. The van der Waals surface area contributed by atoms with Crippen LogP contribution in [0.5, 0.6) is 5.75 Å². The van der Waals surface area contributed by atoms with Gasteiger partial charge in [-0.1, -0.05) is 40.2 Å². The van der Waals surface area contributed by atoms with E-state index < -0.39 is 0 Å². The van der Waals surface area contributed by atoms with Crippen molar-refractivity contribution in [2.75, 3.05) is 0 Å². The number of halogens is 1. The summed E-state index contributed by atoms with van der Waals surface area (Å²) in [6.45, 7) is 0. The fourth-order valence-electron chi connectivity index (χ4n) is 1.61. The number of nitrogens with one attached hydrogen (secondary N) is 1. The molecule has 0 bridgehead atoms. The van der Waals surface area contributed by atoms with Crippen molar-refractivity contribution in [3.63, 3.8) is 0 Å². The third kappa shape index (κ3) is 4.51. The number of phenols is 1. The van der Waals surface area contributed by atoms with Crippen molar-refractivity contribution in [2.24, 2.45) is 5.10 Å². The first-order valence-corrected chi connectivity index (χ1v) is 6.78. The SMILES string of the molecule is O=C(Cc1ccc(Br)cc1)NN=Cc1cccc(O)c1. The quantitative estimate of drug-likeness (QED) is 0.668. The molecule has 0 aliphatic rings. The highest BCUT2D eigenvalue weighted by Crippen LogP contribution is 2.11. The lowest BCUT2D eigenvalue weighted by molar-refractivity contribution is -0.120. The van der Waals surface area contributed by atoms with E-state index in [1.54, 1.807) is 24.3 Å². The Balaban J connectivity index is 1.87. The van der Waals surface area contributed by atoms with Gasteiger partial charge >= 0.3 is 0 Å². The van der Waals surface area contributed by atoms with Crippen LogP contribution in [-0.4, -0.2) is 17.2 Å². The lowest BCUT2D eigenvalue weighted by Crippen LogP contribution is -2.19. The minimum Gasteiger partial charge on any atom is -0.508 e. The van der Waals surface area contributed by atoms with Gasteiger partial charge in [0.25, 0.3) is 0 Å². The highest BCUT2D eigenvalue weighted by atomic mass is 79.9. The highest BCUT2D eigenvalue weighted by Gasteiger charge is 2.01. The molecule has 0 fully saturated rings. The van der Waals surface area contributed by atoms with E-state index in [0.717, 1.165) is 10.0 Å². The van der Waals surface area contributed by atoms with E-state index in [0.29, 0.717) is 5.56 Å². The maximum absolute atomic E-state index is 11.7. The zero-order valence-corrected chi connectivity index (χ0v) is 12.2. The number of amides is 1. The Kier molecular flexibility index (Phi) is 4.90. The fraction of sp³-hybridized carbons (Fsp3) is 0.0667. The maximum Gasteiger partial charge on any atom is 0.244 e. The van der Waals surface area contributed by atoms with Crippen molar-refractivity contribution in [3.05, 3.63) is 64.1 Å². The maximum atomic E-state index is 11.7. The summed E-state index contributed by atoms with van der Waals surface area (Å²) in [7, 11) is 0. The van der Waals surface area contributed by atoms with E-state index in [9.17, 15) is 9.90 Å². The lowest BCUT2D eigenvalue weighted by atomic mass is 10.1. The average molecular weight is 333 g/mol. The van der Waals surface area contributed by atoms with Crippen LogP contribution in [0.2, 0.25) is 0 Å². The van der Waals surface area contributed by atoms with Crippen LogP contribution in [0, 0.1) is 0 Å². The van der Waals surface area contributed by atoms with Gasteiger partial charge in [-0.25, -0.2) is 5.43 Å². The lowest BCUT2D eigenvalue weighted by Gasteiger charge is -2.00. The van der Waals surface area contributed by atoms with Crippen molar-refractivity contribution < 1.29 is 9.90 Å². The molecule has 4 nitrogen and oxygen atoms in total. The predicted octanol–water partition coefficient (Wildman–Crippen LogP) is 2.85. The molecule has 5 heteroatoms. The molecule has 2 rings (SSSR count). The fourth-order valence-corrected chi connectivity index (χ4v) is 1.88. The molecule has 0 heterocycles. The molecule has 2 aromatic carbocycles. The third-order valence-electron chi connectivity index (χ3n) is 2.55. The first-order chi connectivity index (χ1) is 9.63. The van der Waals surface area contributed by atoms with Gasteiger partial charge in [-0.3, -0.25) is 4.79 Å². The first kappa shape index (κ1) is 14.3. The Morgan fingerprint density at radius 2 is 2.00 bits per heavy atom. The number of carbonyl (C=O) groups excluding carboxylic acids is 1. The second-order valence-corrected chi connectivity index (χ2v) is 5.11. The van der Waals surface area contributed by atoms with Crippen LogP contribution >= 0.6 is 15.9 Å². The second kappa shape index (κ2) is 6.86.